The van der Waals surface area contributed by atoms with E-state index in [0.717, 1.165) is 77.3 Å². The van der Waals surface area contributed by atoms with E-state index >= 15 is 0 Å². The summed E-state index contributed by atoms with van der Waals surface area (Å²) >= 11 is 0. The predicted molar refractivity (Wildman–Crippen MR) is 169 cm³/mol. The summed E-state index contributed by atoms with van der Waals surface area (Å²) in [4.78, 5) is 0. The zero-order valence-electron chi connectivity index (χ0n) is 22.0. The van der Waals surface area contributed by atoms with Crippen LogP contribution in [0, 0.1) is 0 Å². The minimum Gasteiger partial charge on any atom is -0.456 e. The number of fused-ring (bicyclic) bond motifs is 8. The highest BCUT2D eigenvalue weighted by atomic mass is 16.3. The molecule has 0 N–H and O–H groups in total. The van der Waals surface area contributed by atoms with E-state index in [-0.39, 0.29) is 0 Å². The van der Waals surface area contributed by atoms with Crippen molar-refractivity contribution in [2.45, 2.75) is 0 Å². The van der Waals surface area contributed by atoms with Gasteiger partial charge in [-0.1, -0.05) is 78.9 Å². The van der Waals surface area contributed by atoms with E-state index in [9.17, 15) is 0 Å². The van der Waals surface area contributed by atoms with E-state index in [0.29, 0.717) is 0 Å². The molecule has 0 aliphatic rings. The van der Waals surface area contributed by atoms with Gasteiger partial charge in [0.05, 0.1) is 5.52 Å². The zero-order valence-corrected chi connectivity index (χ0v) is 22.0. The van der Waals surface area contributed by atoms with Gasteiger partial charge in [0, 0.05) is 27.2 Å². The van der Waals surface area contributed by atoms with E-state index in [2.05, 4.69) is 138 Å². The van der Waals surface area contributed by atoms with Gasteiger partial charge in [0.1, 0.15) is 22.3 Å². The highest BCUT2D eigenvalue weighted by Gasteiger charge is 2.20. The number of benzene rings is 6. The molecule has 6 aromatic carbocycles. The van der Waals surface area contributed by atoms with Crippen molar-refractivity contribution in [2.24, 2.45) is 0 Å². The molecule has 0 atom stereocenters. The number of hydrogen-bond acceptors (Lipinski definition) is 2. The Labute approximate surface area is 235 Å². The molecule has 3 heterocycles. The summed E-state index contributed by atoms with van der Waals surface area (Å²) in [5, 5.41) is 4.46. The smallest absolute Gasteiger partial charge is 0.161 e. The maximum absolute atomic E-state index is 6.48. The summed E-state index contributed by atoms with van der Waals surface area (Å²) in [5.74, 6) is 0. The summed E-state index contributed by atoms with van der Waals surface area (Å²) in [6.07, 6.45) is 0. The molecule has 0 spiro atoms. The van der Waals surface area contributed by atoms with Crippen LogP contribution in [-0.2, 0) is 0 Å². The highest BCUT2D eigenvalue weighted by molar-refractivity contribution is 6.17. The van der Waals surface area contributed by atoms with Gasteiger partial charge in [0.2, 0.25) is 0 Å². The highest BCUT2D eigenvalue weighted by Crippen LogP contribution is 2.41. The van der Waals surface area contributed by atoms with Gasteiger partial charge in [-0.05, 0) is 82.9 Å². The first-order valence-electron chi connectivity index (χ1n) is 13.9. The van der Waals surface area contributed by atoms with Crippen molar-refractivity contribution >= 4 is 54.9 Å². The summed E-state index contributed by atoms with van der Waals surface area (Å²) in [7, 11) is 0. The summed E-state index contributed by atoms with van der Waals surface area (Å²) in [6.45, 7) is 0. The second-order valence-electron chi connectivity index (χ2n) is 10.6. The Bertz CT molecular complexity index is 2410. The normalized spacial score (nSPS) is 11.9. The predicted octanol–water partition coefficient (Wildman–Crippen LogP) is 10.8. The van der Waals surface area contributed by atoms with Crippen LogP contribution in [0.25, 0.3) is 82.9 Å². The number of aromatic nitrogens is 1. The Balaban J connectivity index is 1.23. The maximum Gasteiger partial charge on any atom is 0.161 e. The summed E-state index contributed by atoms with van der Waals surface area (Å²) in [5.41, 5.74) is 11.5. The van der Waals surface area contributed by atoms with Gasteiger partial charge in [-0.2, -0.15) is 0 Å². The van der Waals surface area contributed by atoms with Crippen molar-refractivity contribution in [3.05, 3.63) is 140 Å². The number of nitrogens with zero attached hydrogens (tertiary/aromatic N) is 1. The lowest BCUT2D eigenvalue weighted by atomic mass is 10.0. The van der Waals surface area contributed by atoms with Crippen LogP contribution in [-0.4, -0.2) is 4.57 Å². The molecule has 0 aliphatic heterocycles. The molecule has 41 heavy (non-hydrogen) atoms. The quantitative estimate of drug-likeness (QED) is 0.230. The third-order valence-corrected chi connectivity index (χ3v) is 8.20. The fraction of sp³-hybridized carbons (Fsp3) is 0. The van der Waals surface area contributed by atoms with Crippen molar-refractivity contribution < 1.29 is 8.83 Å². The maximum atomic E-state index is 6.48. The van der Waals surface area contributed by atoms with Crippen LogP contribution in [0.4, 0.5) is 0 Å². The van der Waals surface area contributed by atoms with Crippen molar-refractivity contribution in [1.29, 1.82) is 0 Å². The van der Waals surface area contributed by atoms with Crippen LogP contribution in [0.2, 0.25) is 0 Å². The van der Waals surface area contributed by atoms with Crippen molar-refractivity contribution in [1.82, 2.24) is 4.57 Å². The van der Waals surface area contributed by atoms with Crippen LogP contribution >= 0.6 is 0 Å². The zero-order chi connectivity index (χ0) is 26.9. The molecular formula is C38H23NO2. The third-order valence-electron chi connectivity index (χ3n) is 8.20. The number of hydrogen-bond donors (Lipinski definition) is 0. The van der Waals surface area contributed by atoms with Crippen LogP contribution in [0.5, 0.6) is 0 Å². The van der Waals surface area contributed by atoms with Gasteiger partial charge < -0.3 is 13.4 Å². The third kappa shape index (κ3) is 3.33. The molecule has 3 aromatic heterocycles. The fourth-order valence-electron chi connectivity index (χ4n) is 6.26. The first-order valence-corrected chi connectivity index (χ1v) is 13.9. The number of rotatable bonds is 3. The van der Waals surface area contributed by atoms with Gasteiger partial charge in [-0.15, -0.1) is 0 Å². The first-order chi connectivity index (χ1) is 20.3. The van der Waals surface area contributed by atoms with E-state index < -0.39 is 0 Å². The standard InChI is InChI=1S/C38H23NO2/c1-3-9-24(10-4-1)26-15-18-29-30-19-16-27(23-36(30)40-35(29)22-26)25-17-20-34-32(21-25)37-38(41-34)31-13-7-8-14-33(31)39(37)28-11-5-2-6-12-28/h1-23H. The summed E-state index contributed by atoms with van der Waals surface area (Å²) < 4.78 is 15.2. The van der Waals surface area contributed by atoms with Gasteiger partial charge in [-0.3, -0.25) is 0 Å². The number of para-hydroxylation sites is 2. The van der Waals surface area contributed by atoms with Crippen molar-refractivity contribution in [3.8, 4) is 27.9 Å². The lowest BCUT2D eigenvalue weighted by molar-refractivity contribution is 0.669. The SMILES string of the molecule is c1ccc(-c2ccc3c(c2)oc2cc(-c4ccc5oc6c7ccccc7n(-c7ccccc7)c6c5c4)ccc23)cc1. The van der Waals surface area contributed by atoms with Gasteiger partial charge in [0.15, 0.2) is 5.58 Å². The number of furan rings is 2. The van der Waals surface area contributed by atoms with E-state index in [4.69, 9.17) is 8.83 Å². The lowest BCUT2D eigenvalue weighted by Gasteiger charge is -2.07. The molecule has 0 radical (unpaired) electrons. The van der Waals surface area contributed by atoms with Crippen LogP contribution in [0.1, 0.15) is 0 Å². The van der Waals surface area contributed by atoms with Gasteiger partial charge in [0.25, 0.3) is 0 Å². The Kier molecular flexibility index (Phi) is 4.61. The monoisotopic (exact) mass is 525 g/mol. The lowest BCUT2D eigenvalue weighted by Crippen LogP contribution is -1.92. The molecular weight excluding hydrogens is 502 g/mol. The molecule has 3 heteroatoms. The minimum atomic E-state index is 0.882. The molecule has 0 fully saturated rings. The molecule has 9 aromatic rings. The Hall–Kier alpha value is -5.54. The topological polar surface area (TPSA) is 31.2 Å². The average Bonchev–Trinajstić information content (AvgIpc) is 3.69. The molecule has 0 saturated heterocycles. The molecule has 0 saturated carbocycles. The molecule has 3 nitrogen and oxygen atoms in total. The van der Waals surface area contributed by atoms with E-state index in [1.807, 2.05) is 6.07 Å². The molecule has 0 bridgehead atoms. The van der Waals surface area contributed by atoms with Gasteiger partial charge in [-0.25, -0.2) is 0 Å². The second kappa shape index (κ2) is 8.48. The Morgan fingerprint density at radius 1 is 0.390 bits per heavy atom. The van der Waals surface area contributed by atoms with Crippen LogP contribution in [0.15, 0.2) is 148 Å². The second-order valence-corrected chi connectivity index (χ2v) is 10.6. The Morgan fingerprint density at radius 3 is 1.76 bits per heavy atom. The minimum absolute atomic E-state index is 0.882. The molecule has 0 aliphatic carbocycles. The van der Waals surface area contributed by atoms with Crippen LogP contribution < -0.4 is 0 Å². The van der Waals surface area contributed by atoms with E-state index in [1.165, 1.54) is 5.56 Å². The summed E-state index contributed by atoms with van der Waals surface area (Å²) in [6, 6.07) is 48.8. The van der Waals surface area contributed by atoms with Crippen LogP contribution in [0.3, 0.4) is 0 Å². The van der Waals surface area contributed by atoms with Crippen molar-refractivity contribution in [2.75, 3.05) is 0 Å². The fourth-order valence-corrected chi connectivity index (χ4v) is 6.26. The van der Waals surface area contributed by atoms with E-state index in [1.54, 1.807) is 0 Å². The Morgan fingerprint density at radius 2 is 1.00 bits per heavy atom. The molecule has 0 unspecified atom stereocenters. The molecule has 0 amide bonds. The average molecular weight is 526 g/mol. The molecule has 9 rings (SSSR count). The van der Waals surface area contributed by atoms with Gasteiger partial charge >= 0.3 is 0 Å². The first kappa shape index (κ1) is 22.3. The van der Waals surface area contributed by atoms with Crippen molar-refractivity contribution in [3.63, 3.8) is 0 Å². The molecule has 192 valence electrons. The largest absolute Gasteiger partial charge is 0.456 e.